The number of rotatable bonds is 8. The summed E-state index contributed by atoms with van der Waals surface area (Å²) in [5.41, 5.74) is 3.97. The van der Waals surface area contributed by atoms with Crippen LogP contribution in [0.15, 0.2) is 47.7 Å². The molecule has 2 aromatic rings. The van der Waals surface area contributed by atoms with E-state index < -0.39 is 18.0 Å². The largest absolute Gasteiger partial charge is 0.493 e. The van der Waals surface area contributed by atoms with Crippen LogP contribution in [0.2, 0.25) is 0 Å². The van der Waals surface area contributed by atoms with Crippen LogP contribution >= 0.6 is 0 Å². The van der Waals surface area contributed by atoms with Gasteiger partial charge in [-0.15, -0.1) is 0 Å². The zero-order valence-corrected chi connectivity index (χ0v) is 20.5. The predicted octanol–water partition coefficient (Wildman–Crippen LogP) is 2.94. The number of nitrogens with one attached hydrogen (secondary N) is 2. The Kier molecular flexibility index (Phi) is 7.45. The average Bonchev–Trinajstić information content (AvgIpc) is 2.87. The van der Waals surface area contributed by atoms with Crippen LogP contribution in [0.5, 0.6) is 17.2 Å². The van der Waals surface area contributed by atoms with E-state index in [2.05, 4.69) is 27.7 Å². The lowest BCUT2D eigenvalue weighted by Crippen LogP contribution is -2.49. The minimum Gasteiger partial charge on any atom is -0.493 e. The number of carbonyl (C=O) groups is 2. The van der Waals surface area contributed by atoms with Crippen molar-refractivity contribution in [2.45, 2.75) is 25.9 Å². The molecule has 0 aromatic heterocycles. The smallest absolute Gasteiger partial charge is 0.338 e. The number of methoxy groups -OCH3 is 3. The van der Waals surface area contributed by atoms with Crippen LogP contribution in [0, 0.1) is 0 Å². The van der Waals surface area contributed by atoms with Gasteiger partial charge in [-0.25, -0.2) is 9.59 Å². The molecule has 0 fully saturated rings. The fraction of sp³-hybridized carbons (Fsp3) is 0.385. The minimum absolute atomic E-state index is 0.205. The fourth-order valence-corrected chi connectivity index (χ4v) is 4.69. The zero-order chi connectivity index (χ0) is 24.9. The molecule has 0 spiro atoms. The summed E-state index contributed by atoms with van der Waals surface area (Å²) in [4.78, 5) is 28.2. The Morgan fingerprint density at radius 3 is 2.46 bits per heavy atom. The molecule has 4 rings (SSSR count). The topological polar surface area (TPSA) is 98.4 Å². The highest BCUT2D eigenvalue weighted by molar-refractivity contribution is 5.95. The second-order valence-corrected chi connectivity index (χ2v) is 8.30. The molecule has 35 heavy (non-hydrogen) atoms. The van der Waals surface area contributed by atoms with Gasteiger partial charge in [0.25, 0.3) is 0 Å². The third-order valence-electron chi connectivity index (χ3n) is 6.29. The molecule has 0 saturated carbocycles. The maximum absolute atomic E-state index is 13.2. The molecule has 2 amide bonds. The summed E-state index contributed by atoms with van der Waals surface area (Å²) in [6.07, 6.45) is 0.900. The second kappa shape index (κ2) is 10.7. The lowest BCUT2D eigenvalue weighted by Gasteiger charge is -2.34. The molecule has 2 heterocycles. The van der Waals surface area contributed by atoms with Gasteiger partial charge in [-0.2, -0.15) is 0 Å². The highest BCUT2D eigenvalue weighted by Crippen LogP contribution is 2.44. The third-order valence-corrected chi connectivity index (χ3v) is 6.29. The van der Waals surface area contributed by atoms with Crippen LogP contribution in [0.1, 0.15) is 29.7 Å². The van der Waals surface area contributed by atoms with E-state index in [1.807, 2.05) is 12.1 Å². The van der Waals surface area contributed by atoms with Gasteiger partial charge >= 0.3 is 12.0 Å². The Morgan fingerprint density at radius 2 is 1.77 bits per heavy atom. The van der Waals surface area contributed by atoms with Gasteiger partial charge in [-0.3, -0.25) is 4.90 Å². The van der Waals surface area contributed by atoms with Gasteiger partial charge in [0.2, 0.25) is 5.75 Å². The molecule has 0 unspecified atom stereocenters. The maximum atomic E-state index is 13.2. The van der Waals surface area contributed by atoms with Crippen molar-refractivity contribution in [2.24, 2.45) is 0 Å². The number of benzene rings is 2. The molecule has 2 aromatic carbocycles. The van der Waals surface area contributed by atoms with E-state index in [-0.39, 0.29) is 6.61 Å². The van der Waals surface area contributed by atoms with Crippen LogP contribution < -0.4 is 24.8 Å². The summed E-state index contributed by atoms with van der Waals surface area (Å²) in [5.74, 6) is 0.709. The molecule has 9 nitrogen and oxygen atoms in total. The highest BCUT2D eigenvalue weighted by atomic mass is 16.5. The van der Waals surface area contributed by atoms with Crippen LogP contribution in [-0.2, 0) is 22.5 Å². The van der Waals surface area contributed by atoms with Crippen LogP contribution in [0.3, 0.4) is 0 Å². The maximum Gasteiger partial charge on any atom is 0.338 e. The fourth-order valence-electron chi connectivity index (χ4n) is 4.69. The van der Waals surface area contributed by atoms with Gasteiger partial charge in [0.05, 0.1) is 39.6 Å². The van der Waals surface area contributed by atoms with Gasteiger partial charge in [0.1, 0.15) is 0 Å². The lowest BCUT2D eigenvalue weighted by molar-refractivity contribution is -0.139. The first-order valence-electron chi connectivity index (χ1n) is 11.6. The first kappa shape index (κ1) is 24.4. The van der Waals surface area contributed by atoms with Crippen LogP contribution in [0.4, 0.5) is 4.79 Å². The molecule has 2 aliphatic heterocycles. The molecule has 0 bridgehead atoms. The molecule has 9 heteroatoms. The zero-order valence-electron chi connectivity index (χ0n) is 20.5. The van der Waals surface area contributed by atoms with E-state index in [0.717, 1.165) is 19.5 Å². The summed E-state index contributed by atoms with van der Waals surface area (Å²) in [7, 11) is 4.54. The van der Waals surface area contributed by atoms with Gasteiger partial charge in [0.15, 0.2) is 11.5 Å². The van der Waals surface area contributed by atoms with E-state index in [4.69, 9.17) is 18.9 Å². The van der Waals surface area contributed by atoms with Crippen molar-refractivity contribution < 1.29 is 28.5 Å². The summed E-state index contributed by atoms with van der Waals surface area (Å²) in [6, 6.07) is 10.6. The SMILES string of the molecule is CCOC(=O)C1=C(CN2CCc3ccccc3C2)NC(=O)N[C@@H]1c1ccc(OC)c(OC)c1OC. The standard InChI is InChI=1S/C26H31N3O6/c1-5-35-25(30)21-19(15-29-13-12-16-8-6-7-9-17(16)14-29)27-26(31)28-22(21)18-10-11-20(32-2)24(34-4)23(18)33-3/h6-11,22H,5,12-15H2,1-4H3,(H2,27,28,31)/t22-/m1/s1. The van der Waals surface area contributed by atoms with Crippen molar-refractivity contribution in [1.29, 1.82) is 0 Å². The second-order valence-electron chi connectivity index (χ2n) is 8.30. The van der Waals surface area contributed by atoms with Crippen molar-refractivity contribution in [3.05, 3.63) is 64.4 Å². The molecule has 186 valence electrons. The molecule has 1 atom stereocenters. The first-order chi connectivity index (χ1) is 17.0. The number of amides is 2. The number of nitrogens with zero attached hydrogens (tertiary/aromatic N) is 1. The Labute approximate surface area is 205 Å². The Hall–Kier alpha value is -3.72. The average molecular weight is 482 g/mol. The molecule has 0 radical (unpaired) electrons. The number of fused-ring (bicyclic) bond motifs is 1. The van der Waals surface area contributed by atoms with Crippen LogP contribution in [0.25, 0.3) is 0 Å². The molecule has 0 aliphatic carbocycles. The first-order valence-corrected chi connectivity index (χ1v) is 11.6. The Balaban J connectivity index is 1.77. The molecule has 0 saturated heterocycles. The van der Waals surface area contributed by atoms with Gasteiger partial charge in [0, 0.05) is 30.9 Å². The molecular weight excluding hydrogens is 450 g/mol. The molecule has 2 aliphatic rings. The summed E-state index contributed by atoms with van der Waals surface area (Å²) >= 11 is 0. The molecular formula is C26H31N3O6. The Bertz CT molecular complexity index is 1150. The van der Waals surface area contributed by atoms with Crippen molar-refractivity contribution in [3.63, 3.8) is 0 Å². The minimum atomic E-state index is -0.801. The van der Waals surface area contributed by atoms with E-state index in [1.165, 1.54) is 32.5 Å². The number of ether oxygens (including phenoxy) is 4. The van der Waals surface area contributed by atoms with E-state index in [9.17, 15) is 9.59 Å². The Morgan fingerprint density at radius 1 is 1.03 bits per heavy atom. The predicted molar refractivity (Wildman–Crippen MR) is 130 cm³/mol. The van der Waals surface area contributed by atoms with Crippen molar-refractivity contribution in [3.8, 4) is 17.2 Å². The number of carbonyl (C=O) groups excluding carboxylic acids is 2. The van der Waals surface area contributed by atoms with Gasteiger partial charge < -0.3 is 29.6 Å². The summed E-state index contributed by atoms with van der Waals surface area (Å²) < 4.78 is 22.0. The van der Waals surface area contributed by atoms with Crippen molar-refractivity contribution in [1.82, 2.24) is 15.5 Å². The highest BCUT2D eigenvalue weighted by Gasteiger charge is 2.37. The monoisotopic (exact) mass is 481 g/mol. The van der Waals surface area contributed by atoms with E-state index in [0.29, 0.717) is 40.6 Å². The van der Waals surface area contributed by atoms with E-state index in [1.54, 1.807) is 19.1 Å². The van der Waals surface area contributed by atoms with Crippen molar-refractivity contribution in [2.75, 3.05) is 41.0 Å². The van der Waals surface area contributed by atoms with Gasteiger partial charge in [-0.1, -0.05) is 24.3 Å². The third kappa shape index (κ3) is 4.90. The number of hydrogen-bond donors (Lipinski definition) is 2. The van der Waals surface area contributed by atoms with E-state index >= 15 is 0 Å². The quantitative estimate of drug-likeness (QED) is 0.560. The number of hydrogen-bond acceptors (Lipinski definition) is 7. The summed E-state index contributed by atoms with van der Waals surface area (Å²) in [6.45, 7) is 3.88. The normalized spacial score (nSPS) is 17.7. The lowest BCUT2D eigenvalue weighted by atomic mass is 9.93. The molecule has 2 N–H and O–H groups in total. The summed E-state index contributed by atoms with van der Waals surface area (Å²) in [5, 5.41) is 5.72. The number of esters is 1. The van der Waals surface area contributed by atoms with Gasteiger partial charge in [-0.05, 0) is 36.6 Å². The van der Waals surface area contributed by atoms with Crippen LogP contribution in [-0.4, -0.2) is 57.9 Å². The van der Waals surface area contributed by atoms with Crippen molar-refractivity contribution >= 4 is 12.0 Å². The number of urea groups is 1.